The third-order valence-electron chi connectivity index (χ3n) is 7.03. The van der Waals surface area contributed by atoms with Gasteiger partial charge in [0.05, 0.1) is 18.8 Å². The standard InChI is InChI=1S/C30H25ClN2O4/c1-2-36-27(34)17-23-18-30(37-28-24-13-12-22(31)16-21(24)14-15-32(23)28)25-10-6-7-11-26(25)33(29(30)35)19-20-8-4-3-5-9-20/h3-17,28H,2,18-19H2,1H3/b23-17-/t28-,30-/m0/s1. The lowest BCUT2D eigenvalue weighted by Crippen LogP contribution is -2.50. The quantitative estimate of drug-likeness (QED) is 0.320. The van der Waals surface area contributed by atoms with Gasteiger partial charge in [-0.1, -0.05) is 66.2 Å². The lowest BCUT2D eigenvalue weighted by atomic mass is 9.86. The number of benzene rings is 3. The van der Waals surface area contributed by atoms with Gasteiger partial charge in [-0.15, -0.1) is 0 Å². The summed E-state index contributed by atoms with van der Waals surface area (Å²) in [5.41, 5.74) is 3.73. The van der Waals surface area contributed by atoms with Crippen LogP contribution in [0.2, 0.25) is 5.02 Å². The monoisotopic (exact) mass is 512 g/mol. The number of halogens is 1. The zero-order valence-electron chi connectivity index (χ0n) is 20.3. The Labute approximate surface area is 220 Å². The van der Waals surface area contributed by atoms with Crippen molar-refractivity contribution in [3.8, 4) is 0 Å². The highest BCUT2D eigenvalue weighted by atomic mass is 35.5. The van der Waals surface area contributed by atoms with Gasteiger partial charge in [0.25, 0.3) is 5.91 Å². The van der Waals surface area contributed by atoms with Crippen LogP contribution in [0.1, 0.15) is 41.8 Å². The summed E-state index contributed by atoms with van der Waals surface area (Å²) in [7, 11) is 0. The van der Waals surface area contributed by atoms with Gasteiger partial charge >= 0.3 is 5.97 Å². The van der Waals surface area contributed by atoms with Crippen molar-refractivity contribution >= 4 is 35.2 Å². The summed E-state index contributed by atoms with van der Waals surface area (Å²) in [6.07, 6.45) is 4.84. The van der Waals surface area contributed by atoms with Crippen LogP contribution in [0.15, 0.2) is 90.8 Å². The first-order chi connectivity index (χ1) is 18.0. The number of esters is 1. The van der Waals surface area contributed by atoms with E-state index in [1.807, 2.05) is 90.0 Å². The number of fused-ring (bicyclic) bond motifs is 5. The van der Waals surface area contributed by atoms with Crippen LogP contribution in [-0.4, -0.2) is 23.4 Å². The van der Waals surface area contributed by atoms with Crippen LogP contribution in [0.5, 0.6) is 0 Å². The van der Waals surface area contributed by atoms with E-state index in [1.54, 1.807) is 11.8 Å². The molecule has 186 valence electrons. The number of carbonyl (C=O) groups is 2. The molecule has 1 spiro atoms. The lowest BCUT2D eigenvalue weighted by molar-refractivity contribution is -0.184. The number of carbonyl (C=O) groups excluding carboxylic acids is 2. The Morgan fingerprint density at radius 1 is 1.14 bits per heavy atom. The second kappa shape index (κ2) is 9.21. The highest BCUT2D eigenvalue weighted by Gasteiger charge is 2.57. The molecule has 3 heterocycles. The molecule has 3 aromatic carbocycles. The maximum atomic E-state index is 14.3. The molecule has 1 saturated heterocycles. The van der Waals surface area contributed by atoms with Crippen molar-refractivity contribution in [2.75, 3.05) is 11.5 Å². The van der Waals surface area contributed by atoms with Crippen LogP contribution in [0.3, 0.4) is 0 Å². The predicted octanol–water partition coefficient (Wildman–Crippen LogP) is 5.93. The van der Waals surface area contributed by atoms with Gasteiger partial charge in [0.1, 0.15) is 0 Å². The summed E-state index contributed by atoms with van der Waals surface area (Å²) in [6, 6.07) is 23.2. The SMILES string of the molecule is CCOC(=O)/C=C1/C[C@@]2(O[C@H]3c4ccc(Cl)cc4C=CN13)C(=O)N(Cc1ccccc1)c1ccccc12. The molecule has 6 rings (SSSR count). The van der Waals surface area contributed by atoms with E-state index in [0.29, 0.717) is 17.3 Å². The summed E-state index contributed by atoms with van der Waals surface area (Å²) in [4.78, 5) is 30.6. The molecule has 0 bridgehead atoms. The van der Waals surface area contributed by atoms with Gasteiger partial charge in [0.2, 0.25) is 0 Å². The first-order valence-corrected chi connectivity index (χ1v) is 12.6. The highest BCUT2D eigenvalue weighted by molar-refractivity contribution is 6.30. The molecule has 0 radical (unpaired) electrons. The topological polar surface area (TPSA) is 59.1 Å². The van der Waals surface area contributed by atoms with Crippen molar-refractivity contribution in [1.29, 1.82) is 0 Å². The number of amides is 1. The fraction of sp³-hybridized carbons (Fsp3) is 0.200. The largest absolute Gasteiger partial charge is 0.463 e. The van der Waals surface area contributed by atoms with E-state index in [9.17, 15) is 9.59 Å². The molecule has 3 aromatic rings. The molecule has 0 N–H and O–H groups in total. The van der Waals surface area contributed by atoms with Gasteiger partial charge in [-0.2, -0.15) is 0 Å². The molecule has 0 unspecified atom stereocenters. The molecule has 3 aliphatic rings. The predicted molar refractivity (Wildman–Crippen MR) is 141 cm³/mol. The minimum atomic E-state index is -1.30. The van der Waals surface area contributed by atoms with Crippen molar-refractivity contribution in [2.24, 2.45) is 0 Å². The summed E-state index contributed by atoms with van der Waals surface area (Å²) < 4.78 is 12.1. The first kappa shape index (κ1) is 23.5. The Morgan fingerprint density at radius 3 is 2.73 bits per heavy atom. The van der Waals surface area contributed by atoms with E-state index in [-0.39, 0.29) is 18.9 Å². The third kappa shape index (κ3) is 3.93. The maximum absolute atomic E-state index is 14.3. The molecular weight excluding hydrogens is 488 g/mol. The van der Waals surface area contributed by atoms with E-state index in [4.69, 9.17) is 21.1 Å². The van der Waals surface area contributed by atoms with Gasteiger partial charge in [-0.25, -0.2) is 4.79 Å². The molecule has 37 heavy (non-hydrogen) atoms. The van der Waals surface area contributed by atoms with E-state index in [0.717, 1.165) is 27.9 Å². The number of hydrogen-bond donors (Lipinski definition) is 0. The van der Waals surface area contributed by atoms with E-state index < -0.39 is 17.8 Å². The van der Waals surface area contributed by atoms with Gasteiger partial charge < -0.3 is 19.3 Å². The number of para-hydroxylation sites is 1. The van der Waals surface area contributed by atoms with Gasteiger partial charge in [0.15, 0.2) is 11.8 Å². The number of ether oxygens (including phenoxy) is 2. The number of nitrogens with zero attached hydrogens (tertiary/aromatic N) is 2. The second-order valence-electron chi connectivity index (χ2n) is 9.25. The van der Waals surface area contributed by atoms with Crippen molar-refractivity contribution in [3.05, 3.63) is 118 Å². The minimum absolute atomic E-state index is 0.156. The van der Waals surface area contributed by atoms with Gasteiger partial charge in [-0.3, -0.25) is 4.79 Å². The Balaban J connectivity index is 1.49. The minimum Gasteiger partial charge on any atom is -0.463 e. The van der Waals surface area contributed by atoms with E-state index >= 15 is 0 Å². The van der Waals surface area contributed by atoms with Crippen LogP contribution in [-0.2, 0) is 31.2 Å². The second-order valence-corrected chi connectivity index (χ2v) is 9.69. The number of hydrogen-bond acceptors (Lipinski definition) is 5. The fourth-order valence-electron chi connectivity index (χ4n) is 5.39. The Hall–Kier alpha value is -3.87. The molecule has 2 atom stereocenters. The normalized spacial score (nSPS) is 22.7. The Kier molecular flexibility index (Phi) is 5.86. The molecule has 0 saturated carbocycles. The number of anilines is 1. The molecule has 1 fully saturated rings. The Bertz CT molecular complexity index is 1450. The van der Waals surface area contributed by atoms with Crippen LogP contribution in [0.4, 0.5) is 5.69 Å². The maximum Gasteiger partial charge on any atom is 0.332 e. The molecule has 1 amide bonds. The molecule has 0 aliphatic carbocycles. The van der Waals surface area contributed by atoms with Crippen LogP contribution >= 0.6 is 11.6 Å². The van der Waals surface area contributed by atoms with E-state index in [1.165, 1.54) is 6.08 Å². The van der Waals surface area contributed by atoms with E-state index in [2.05, 4.69) is 0 Å². The summed E-state index contributed by atoms with van der Waals surface area (Å²) in [6.45, 7) is 2.44. The van der Waals surface area contributed by atoms with Crippen LogP contribution in [0.25, 0.3) is 6.08 Å². The highest BCUT2D eigenvalue weighted by Crippen LogP contribution is 2.54. The van der Waals surface area contributed by atoms with Crippen LogP contribution in [0, 0.1) is 0 Å². The fourth-order valence-corrected chi connectivity index (χ4v) is 5.58. The zero-order valence-corrected chi connectivity index (χ0v) is 21.0. The summed E-state index contributed by atoms with van der Waals surface area (Å²) >= 11 is 6.27. The van der Waals surface area contributed by atoms with Crippen molar-refractivity contribution in [1.82, 2.24) is 4.90 Å². The third-order valence-corrected chi connectivity index (χ3v) is 7.27. The molecule has 0 aromatic heterocycles. The average molecular weight is 513 g/mol. The molecular formula is C30H25ClN2O4. The lowest BCUT2D eigenvalue weighted by Gasteiger charge is -2.47. The van der Waals surface area contributed by atoms with Crippen molar-refractivity contribution < 1.29 is 19.1 Å². The van der Waals surface area contributed by atoms with Crippen molar-refractivity contribution in [3.63, 3.8) is 0 Å². The smallest absolute Gasteiger partial charge is 0.332 e. The zero-order chi connectivity index (χ0) is 25.6. The van der Waals surface area contributed by atoms with Gasteiger partial charge in [0, 0.05) is 40.5 Å². The molecule has 7 heteroatoms. The summed E-state index contributed by atoms with van der Waals surface area (Å²) in [5, 5.41) is 0.612. The van der Waals surface area contributed by atoms with Crippen LogP contribution < -0.4 is 4.90 Å². The Morgan fingerprint density at radius 2 is 1.92 bits per heavy atom. The molecule has 6 nitrogen and oxygen atoms in total. The number of rotatable bonds is 4. The first-order valence-electron chi connectivity index (χ1n) is 12.3. The summed E-state index contributed by atoms with van der Waals surface area (Å²) in [5.74, 6) is -0.611. The molecule has 3 aliphatic heterocycles. The average Bonchev–Trinajstić information content (AvgIpc) is 3.11. The van der Waals surface area contributed by atoms with Crippen molar-refractivity contribution in [2.45, 2.75) is 31.7 Å². The van der Waals surface area contributed by atoms with Gasteiger partial charge in [-0.05, 0) is 42.3 Å².